The molecule has 7 nitrogen and oxygen atoms in total. The normalized spacial score (nSPS) is 24.1. The number of hydrogen-bond acceptors (Lipinski definition) is 5. The summed E-state index contributed by atoms with van der Waals surface area (Å²) in [5.41, 5.74) is 0.252. The highest BCUT2D eigenvalue weighted by molar-refractivity contribution is 6.18. The molecule has 3 aliphatic rings. The van der Waals surface area contributed by atoms with E-state index in [1.807, 2.05) is 25.2 Å². The summed E-state index contributed by atoms with van der Waals surface area (Å²) in [6.07, 6.45) is 7.89. The minimum absolute atomic E-state index is 0.0680. The first kappa shape index (κ1) is 22.3. The number of benzene rings is 1. The number of carbonyl (C=O) groups is 1. The third-order valence-electron chi connectivity index (χ3n) is 6.02. The summed E-state index contributed by atoms with van der Waals surface area (Å²) in [7, 11) is 0. The summed E-state index contributed by atoms with van der Waals surface area (Å²) in [5.74, 6) is 2.39. The van der Waals surface area contributed by atoms with Gasteiger partial charge in [-0.3, -0.25) is 4.79 Å². The van der Waals surface area contributed by atoms with Crippen molar-refractivity contribution in [3.8, 4) is 5.75 Å². The third kappa shape index (κ3) is 4.50. The molecule has 2 aromatic rings. The van der Waals surface area contributed by atoms with Gasteiger partial charge in [-0.15, -0.1) is 21.8 Å². The van der Waals surface area contributed by atoms with E-state index in [0.29, 0.717) is 28.8 Å². The average Bonchev–Trinajstić information content (AvgIpc) is 3.19. The largest absolute Gasteiger partial charge is 0.486 e. The number of allylic oxidation sites excluding steroid dienone is 3. The maximum absolute atomic E-state index is 13.6. The Morgan fingerprint density at radius 1 is 1.34 bits per heavy atom. The Labute approximate surface area is 191 Å². The van der Waals surface area contributed by atoms with E-state index in [2.05, 4.69) is 20.5 Å². The van der Waals surface area contributed by atoms with Crippen molar-refractivity contribution in [2.24, 2.45) is 0 Å². The number of ether oxygens (including phenoxy) is 2. The zero-order chi connectivity index (χ0) is 22.8. The number of H-pyrrole nitrogens is 1. The van der Waals surface area contributed by atoms with Crippen LogP contribution in [0.15, 0.2) is 42.2 Å². The number of nitrogens with zero attached hydrogens (tertiary/aromatic N) is 2. The monoisotopic (exact) mass is 460 g/mol. The van der Waals surface area contributed by atoms with E-state index >= 15 is 0 Å². The smallest absolute Gasteiger partial charge is 0.258 e. The van der Waals surface area contributed by atoms with Crippen LogP contribution in [0.2, 0.25) is 0 Å². The molecule has 1 amide bonds. The summed E-state index contributed by atoms with van der Waals surface area (Å²) in [6.45, 7) is 3.70. The van der Waals surface area contributed by atoms with E-state index in [-0.39, 0.29) is 35.9 Å². The second-order valence-electron chi connectivity index (χ2n) is 8.50. The molecule has 3 fully saturated rings. The predicted molar refractivity (Wildman–Crippen MR) is 118 cm³/mol. The van der Waals surface area contributed by atoms with Crippen LogP contribution in [0.1, 0.15) is 43.4 Å². The van der Waals surface area contributed by atoms with E-state index < -0.39 is 0 Å². The van der Waals surface area contributed by atoms with Crippen LogP contribution in [-0.4, -0.2) is 39.1 Å². The van der Waals surface area contributed by atoms with Crippen LogP contribution in [0.5, 0.6) is 5.75 Å². The van der Waals surface area contributed by atoms with Gasteiger partial charge in [0.2, 0.25) is 0 Å². The number of alkyl halides is 1. The van der Waals surface area contributed by atoms with Crippen molar-refractivity contribution < 1.29 is 18.7 Å². The summed E-state index contributed by atoms with van der Waals surface area (Å²) < 4.78 is 24.7. The fourth-order valence-electron chi connectivity index (χ4n) is 4.46. The lowest BCUT2D eigenvalue weighted by molar-refractivity contribution is -0.141. The van der Waals surface area contributed by atoms with Crippen LogP contribution in [0.3, 0.4) is 0 Å². The molecule has 0 aliphatic heterocycles. The highest BCUT2D eigenvalue weighted by atomic mass is 35.5. The van der Waals surface area contributed by atoms with Crippen molar-refractivity contribution in [2.75, 3.05) is 12.5 Å². The van der Waals surface area contributed by atoms with Crippen LogP contribution >= 0.6 is 11.6 Å². The Balaban J connectivity index is 1.24. The van der Waals surface area contributed by atoms with Crippen molar-refractivity contribution in [3.05, 3.63) is 65.2 Å². The molecule has 0 spiro atoms. The molecule has 32 heavy (non-hydrogen) atoms. The maximum atomic E-state index is 13.6. The molecule has 170 valence electrons. The molecule has 0 radical (unpaired) electrons. The second kappa shape index (κ2) is 8.94. The average molecular weight is 461 g/mol. The van der Waals surface area contributed by atoms with Crippen LogP contribution in [0.25, 0.3) is 0 Å². The van der Waals surface area contributed by atoms with Gasteiger partial charge in [-0.05, 0) is 56.9 Å². The van der Waals surface area contributed by atoms with Crippen molar-refractivity contribution in [1.29, 1.82) is 0 Å². The number of aromatic nitrogens is 3. The van der Waals surface area contributed by atoms with E-state index in [1.165, 1.54) is 6.07 Å². The lowest BCUT2D eigenvalue weighted by Gasteiger charge is -2.69. The topological polar surface area (TPSA) is 89.1 Å². The van der Waals surface area contributed by atoms with Crippen LogP contribution in [0, 0.1) is 12.7 Å². The Morgan fingerprint density at radius 2 is 2.12 bits per heavy atom. The predicted octanol–water partition coefficient (Wildman–Crippen LogP) is 3.84. The van der Waals surface area contributed by atoms with Crippen molar-refractivity contribution in [3.63, 3.8) is 0 Å². The minimum Gasteiger partial charge on any atom is -0.486 e. The number of amides is 1. The zero-order valence-corrected chi connectivity index (χ0v) is 18.8. The van der Waals surface area contributed by atoms with E-state index in [9.17, 15) is 9.18 Å². The Kier molecular flexibility index (Phi) is 6.24. The highest BCUT2D eigenvalue weighted by Gasteiger charge is 2.70. The fourth-order valence-corrected chi connectivity index (χ4v) is 4.55. The van der Waals surface area contributed by atoms with Crippen molar-refractivity contribution in [1.82, 2.24) is 20.5 Å². The summed E-state index contributed by atoms with van der Waals surface area (Å²) in [6, 6.07) is 4.57. The zero-order valence-electron chi connectivity index (χ0n) is 18.1. The summed E-state index contributed by atoms with van der Waals surface area (Å²) in [5, 5.41) is 11.5. The molecule has 2 N–H and O–H groups in total. The summed E-state index contributed by atoms with van der Waals surface area (Å²) >= 11 is 5.65. The molecule has 5 rings (SSSR count). The molecule has 0 saturated heterocycles. The van der Waals surface area contributed by atoms with Gasteiger partial charge in [-0.1, -0.05) is 12.1 Å². The molecule has 3 aliphatic carbocycles. The number of rotatable bonds is 10. The number of hydrogen-bond donors (Lipinski definition) is 2. The quantitative estimate of drug-likeness (QED) is 0.319. The summed E-state index contributed by atoms with van der Waals surface area (Å²) in [4.78, 5) is 15.6. The molecular weight excluding hydrogens is 435 g/mol. The van der Waals surface area contributed by atoms with Gasteiger partial charge in [0, 0.05) is 22.9 Å². The maximum Gasteiger partial charge on any atom is 0.258 e. The van der Waals surface area contributed by atoms with Gasteiger partial charge in [-0.25, -0.2) is 4.39 Å². The van der Waals surface area contributed by atoms with Crippen LogP contribution in [-0.2, 0) is 21.6 Å². The van der Waals surface area contributed by atoms with Crippen LogP contribution < -0.4 is 10.1 Å². The molecule has 2 bridgehead atoms. The van der Waals surface area contributed by atoms with Gasteiger partial charge in [0.15, 0.2) is 12.4 Å². The van der Waals surface area contributed by atoms with Gasteiger partial charge in [0.25, 0.3) is 5.91 Å². The standard InChI is InChI=1S/C23H26ClFN4O3/c1-3-16(5-4-8-24)31-10-19-26-21(29-28-19)22-12-23(13-22,14-22)27-20(30)11-32-17-7-6-15(2)18(25)9-17/h3-7,9H,8,10-14H2,1-2H3,(H,27,30)(H,26,28,29)/b5-4-,16-3+. The first-order chi connectivity index (χ1) is 15.4. The number of aromatic amines is 1. The minimum atomic E-state index is -0.352. The molecule has 1 heterocycles. The van der Waals surface area contributed by atoms with Crippen LogP contribution in [0.4, 0.5) is 4.39 Å². The number of halogens is 2. The lowest BCUT2D eigenvalue weighted by Crippen LogP contribution is -2.77. The SMILES string of the molecule is C/C=C(\C=C/CCl)OCc1nnc(C23CC(NC(=O)COc4ccc(C)c(F)c4)(C2)C3)[nH]1. The molecule has 1 aromatic carbocycles. The van der Waals surface area contributed by atoms with E-state index in [1.54, 1.807) is 19.1 Å². The third-order valence-corrected chi connectivity index (χ3v) is 6.19. The molecular formula is C23H26ClFN4O3. The lowest BCUT2D eigenvalue weighted by atomic mass is 9.39. The number of aryl methyl sites for hydroxylation is 1. The van der Waals surface area contributed by atoms with Gasteiger partial charge in [0.1, 0.15) is 29.8 Å². The molecule has 0 unspecified atom stereocenters. The van der Waals surface area contributed by atoms with Crippen molar-refractivity contribution >= 4 is 17.5 Å². The number of nitrogens with one attached hydrogen (secondary N) is 2. The van der Waals surface area contributed by atoms with Gasteiger partial charge >= 0.3 is 0 Å². The molecule has 1 aromatic heterocycles. The van der Waals surface area contributed by atoms with Gasteiger partial charge < -0.3 is 19.8 Å². The van der Waals surface area contributed by atoms with Gasteiger partial charge in [-0.2, -0.15) is 0 Å². The first-order valence-electron chi connectivity index (χ1n) is 10.5. The van der Waals surface area contributed by atoms with E-state index in [0.717, 1.165) is 25.1 Å². The van der Waals surface area contributed by atoms with E-state index in [4.69, 9.17) is 21.1 Å². The highest BCUT2D eigenvalue weighted by Crippen LogP contribution is 2.67. The first-order valence-corrected chi connectivity index (χ1v) is 11.0. The Hall–Kier alpha value is -2.87. The molecule has 0 atom stereocenters. The molecule has 3 saturated carbocycles. The number of carbonyl (C=O) groups excluding carboxylic acids is 1. The Bertz CT molecular complexity index is 1050. The second-order valence-corrected chi connectivity index (χ2v) is 8.80. The van der Waals surface area contributed by atoms with Gasteiger partial charge in [0.05, 0.1) is 0 Å². The molecule has 9 heteroatoms. The Morgan fingerprint density at radius 3 is 2.81 bits per heavy atom. The fraction of sp³-hybridized carbons (Fsp3) is 0.435. The van der Waals surface area contributed by atoms with Crippen molar-refractivity contribution in [2.45, 2.75) is 50.7 Å².